The molecule has 2 N–H and O–H groups in total. The quantitative estimate of drug-likeness (QED) is 0.751. The minimum absolute atomic E-state index is 0.0617. The lowest BCUT2D eigenvalue weighted by atomic mass is 10.00. The van der Waals surface area contributed by atoms with Gasteiger partial charge in [0.2, 0.25) is 0 Å². The topological polar surface area (TPSA) is 61.4 Å². The molecule has 2 aliphatic rings. The van der Waals surface area contributed by atoms with Gasteiger partial charge in [-0.15, -0.1) is 0 Å². The molecule has 2 atom stereocenters. The molecule has 0 aromatic heterocycles. The SMILES string of the molecule is CCNCC1CCCN(S(=O)(=O)NC(C)C2CCCC2)C1. The van der Waals surface area contributed by atoms with Crippen molar-refractivity contribution in [3.63, 3.8) is 0 Å². The number of hydrogen-bond donors (Lipinski definition) is 2. The van der Waals surface area contributed by atoms with Crippen LogP contribution < -0.4 is 10.0 Å². The van der Waals surface area contributed by atoms with E-state index < -0.39 is 10.2 Å². The van der Waals surface area contributed by atoms with Crippen LogP contribution in [0.15, 0.2) is 0 Å². The molecule has 1 saturated carbocycles. The number of nitrogens with zero attached hydrogens (tertiary/aromatic N) is 1. The molecule has 21 heavy (non-hydrogen) atoms. The summed E-state index contributed by atoms with van der Waals surface area (Å²) in [7, 11) is -3.32. The fourth-order valence-electron chi connectivity index (χ4n) is 3.62. The first-order chi connectivity index (χ1) is 10.0. The molecule has 0 spiro atoms. The highest BCUT2D eigenvalue weighted by atomic mass is 32.2. The highest BCUT2D eigenvalue weighted by molar-refractivity contribution is 7.87. The van der Waals surface area contributed by atoms with Crippen molar-refractivity contribution < 1.29 is 8.42 Å². The van der Waals surface area contributed by atoms with E-state index in [4.69, 9.17) is 0 Å². The molecular formula is C15H31N3O2S. The molecule has 2 fully saturated rings. The van der Waals surface area contributed by atoms with E-state index in [9.17, 15) is 8.42 Å². The van der Waals surface area contributed by atoms with Gasteiger partial charge in [0.15, 0.2) is 0 Å². The molecule has 0 amide bonds. The van der Waals surface area contributed by atoms with Crippen molar-refractivity contribution in [1.82, 2.24) is 14.3 Å². The van der Waals surface area contributed by atoms with E-state index >= 15 is 0 Å². The Hall–Kier alpha value is -0.170. The Bertz CT molecular complexity index is 407. The van der Waals surface area contributed by atoms with Crippen LogP contribution in [-0.4, -0.2) is 44.9 Å². The van der Waals surface area contributed by atoms with Gasteiger partial charge in [-0.2, -0.15) is 17.4 Å². The van der Waals surface area contributed by atoms with Gasteiger partial charge in [-0.1, -0.05) is 19.8 Å². The molecule has 124 valence electrons. The predicted molar refractivity (Wildman–Crippen MR) is 86.3 cm³/mol. The van der Waals surface area contributed by atoms with Gasteiger partial charge in [-0.05, 0) is 57.5 Å². The second-order valence-electron chi connectivity index (χ2n) is 6.63. The van der Waals surface area contributed by atoms with Crippen LogP contribution in [0.3, 0.4) is 0 Å². The number of piperidine rings is 1. The third-order valence-electron chi connectivity index (χ3n) is 4.95. The summed E-state index contributed by atoms with van der Waals surface area (Å²) in [4.78, 5) is 0. The molecule has 5 nitrogen and oxygen atoms in total. The summed E-state index contributed by atoms with van der Waals surface area (Å²) in [6.07, 6.45) is 6.89. The van der Waals surface area contributed by atoms with Crippen LogP contribution >= 0.6 is 0 Å². The number of nitrogens with one attached hydrogen (secondary N) is 2. The first kappa shape index (κ1) is 17.2. The lowest BCUT2D eigenvalue weighted by molar-refractivity contribution is 0.255. The van der Waals surface area contributed by atoms with Gasteiger partial charge in [0.05, 0.1) is 0 Å². The average Bonchev–Trinajstić information content (AvgIpc) is 2.99. The van der Waals surface area contributed by atoms with Gasteiger partial charge >= 0.3 is 0 Å². The predicted octanol–water partition coefficient (Wildman–Crippen LogP) is 1.72. The minimum Gasteiger partial charge on any atom is -0.317 e. The zero-order chi connectivity index (χ0) is 15.3. The maximum atomic E-state index is 12.6. The Labute approximate surface area is 130 Å². The summed E-state index contributed by atoms with van der Waals surface area (Å²) >= 11 is 0. The van der Waals surface area contributed by atoms with Crippen LogP contribution in [0.4, 0.5) is 0 Å². The van der Waals surface area contributed by atoms with Crippen molar-refractivity contribution in [2.75, 3.05) is 26.2 Å². The van der Waals surface area contributed by atoms with Gasteiger partial charge in [-0.25, -0.2) is 0 Å². The lowest BCUT2D eigenvalue weighted by Gasteiger charge is -2.33. The highest BCUT2D eigenvalue weighted by Crippen LogP contribution is 2.28. The molecule has 0 aromatic rings. The average molecular weight is 317 g/mol. The molecule has 0 bridgehead atoms. The van der Waals surface area contributed by atoms with Gasteiger partial charge in [0, 0.05) is 19.1 Å². The van der Waals surface area contributed by atoms with Crippen molar-refractivity contribution in [3.8, 4) is 0 Å². The van der Waals surface area contributed by atoms with Crippen LogP contribution in [0.2, 0.25) is 0 Å². The van der Waals surface area contributed by atoms with Crippen molar-refractivity contribution in [1.29, 1.82) is 0 Å². The van der Waals surface area contributed by atoms with Gasteiger partial charge in [0.25, 0.3) is 10.2 Å². The van der Waals surface area contributed by atoms with E-state index in [0.717, 1.165) is 38.8 Å². The summed E-state index contributed by atoms with van der Waals surface area (Å²) in [6, 6.07) is 0.0617. The van der Waals surface area contributed by atoms with Crippen LogP contribution in [0.5, 0.6) is 0 Å². The van der Waals surface area contributed by atoms with Crippen LogP contribution in [0, 0.1) is 11.8 Å². The molecule has 0 aromatic carbocycles. The molecule has 1 aliphatic heterocycles. The lowest BCUT2D eigenvalue weighted by Crippen LogP contribution is -2.50. The van der Waals surface area contributed by atoms with Crippen LogP contribution in [-0.2, 0) is 10.2 Å². The van der Waals surface area contributed by atoms with Crippen LogP contribution in [0.25, 0.3) is 0 Å². The molecule has 2 unspecified atom stereocenters. The van der Waals surface area contributed by atoms with Crippen molar-refractivity contribution in [3.05, 3.63) is 0 Å². The smallest absolute Gasteiger partial charge is 0.279 e. The Kier molecular flexibility index (Phi) is 6.47. The first-order valence-electron chi connectivity index (χ1n) is 8.51. The van der Waals surface area contributed by atoms with Gasteiger partial charge < -0.3 is 5.32 Å². The monoisotopic (exact) mass is 317 g/mol. The number of rotatable bonds is 7. The van der Waals surface area contributed by atoms with E-state index in [1.54, 1.807) is 4.31 Å². The summed E-state index contributed by atoms with van der Waals surface area (Å²) < 4.78 is 29.7. The van der Waals surface area contributed by atoms with E-state index in [-0.39, 0.29) is 6.04 Å². The maximum absolute atomic E-state index is 12.6. The molecule has 2 rings (SSSR count). The van der Waals surface area contributed by atoms with Gasteiger partial charge in [-0.3, -0.25) is 0 Å². The van der Waals surface area contributed by atoms with E-state index in [1.807, 2.05) is 6.92 Å². The Morgan fingerprint density at radius 1 is 1.19 bits per heavy atom. The zero-order valence-corrected chi connectivity index (χ0v) is 14.3. The standard InChI is InChI=1S/C15H31N3O2S/c1-3-16-11-14-7-6-10-18(12-14)21(19,20)17-13(2)15-8-4-5-9-15/h13-17H,3-12H2,1-2H3. The molecular weight excluding hydrogens is 286 g/mol. The van der Waals surface area contributed by atoms with Crippen molar-refractivity contribution >= 4 is 10.2 Å². The number of hydrogen-bond acceptors (Lipinski definition) is 3. The van der Waals surface area contributed by atoms with Crippen molar-refractivity contribution in [2.24, 2.45) is 11.8 Å². The van der Waals surface area contributed by atoms with Crippen LogP contribution in [0.1, 0.15) is 52.4 Å². The molecule has 1 saturated heterocycles. The molecule has 1 aliphatic carbocycles. The van der Waals surface area contributed by atoms with E-state index in [0.29, 0.717) is 24.9 Å². The molecule has 6 heteroatoms. The largest absolute Gasteiger partial charge is 0.317 e. The summed E-state index contributed by atoms with van der Waals surface area (Å²) in [6.45, 7) is 7.28. The minimum atomic E-state index is -3.32. The van der Waals surface area contributed by atoms with Gasteiger partial charge in [0.1, 0.15) is 0 Å². The van der Waals surface area contributed by atoms with Crippen molar-refractivity contribution in [2.45, 2.75) is 58.4 Å². The van der Waals surface area contributed by atoms with E-state index in [2.05, 4.69) is 17.0 Å². The zero-order valence-electron chi connectivity index (χ0n) is 13.5. The van der Waals surface area contributed by atoms with E-state index in [1.165, 1.54) is 12.8 Å². The normalized spacial score (nSPS) is 27.0. The third kappa shape index (κ3) is 4.91. The summed E-state index contributed by atoms with van der Waals surface area (Å²) in [5.41, 5.74) is 0. The fourth-order valence-corrected chi connectivity index (χ4v) is 5.21. The second kappa shape index (κ2) is 7.90. The fraction of sp³-hybridized carbons (Fsp3) is 1.00. The molecule has 1 heterocycles. The molecule has 0 radical (unpaired) electrons. The summed E-state index contributed by atoms with van der Waals surface area (Å²) in [5, 5.41) is 3.33. The maximum Gasteiger partial charge on any atom is 0.279 e. The highest BCUT2D eigenvalue weighted by Gasteiger charge is 2.32. The first-order valence-corrected chi connectivity index (χ1v) is 9.95. The second-order valence-corrected chi connectivity index (χ2v) is 8.33. The Morgan fingerprint density at radius 2 is 1.90 bits per heavy atom. The summed E-state index contributed by atoms with van der Waals surface area (Å²) in [5.74, 6) is 0.958. The third-order valence-corrected chi connectivity index (χ3v) is 6.63. The Morgan fingerprint density at radius 3 is 2.57 bits per heavy atom. The Balaban J connectivity index is 1.88.